The maximum absolute atomic E-state index is 13.2. The van der Waals surface area contributed by atoms with E-state index < -0.39 is 6.04 Å². The van der Waals surface area contributed by atoms with E-state index in [0.29, 0.717) is 45.2 Å². The zero-order chi connectivity index (χ0) is 23.9. The Balaban J connectivity index is 1.46. The first-order valence-electron chi connectivity index (χ1n) is 10.9. The third-order valence-corrected chi connectivity index (χ3v) is 6.24. The Hall–Kier alpha value is -4.30. The molecular formula is C26H19ClN4O4. The number of carbonyl (C=O) groups excluding carboxylic acids is 1. The number of nitrogens with one attached hydrogen (secondary N) is 1. The third-order valence-electron chi connectivity index (χ3n) is 5.99. The van der Waals surface area contributed by atoms with E-state index in [1.165, 1.54) is 0 Å². The molecule has 8 nitrogen and oxygen atoms in total. The second-order valence-electron chi connectivity index (χ2n) is 8.10. The van der Waals surface area contributed by atoms with Crippen LogP contribution < -0.4 is 19.7 Å². The van der Waals surface area contributed by atoms with Gasteiger partial charge in [-0.1, -0.05) is 47.1 Å². The summed E-state index contributed by atoms with van der Waals surface area (Å²) >= 11 is 6.07. The van der Waals surface area contributed by atoms with Crippen molar-refractivity contribution >= 4 is 28.9 Å². The standard InChI is InChI=1S/C26H19ClN4O4/c1-15-22(25-29-24(30-35-25)17-7-12-20-21(13-17)34-14-33-20)23(16-5-3-2-4-6-16)28-26(32)31(15)19-10-8-18(27)9-11-19/h2-13,23H,14H2,1H3,(H,28,32). The lowest BCUT2D eigenvalue weighted by Gasteiger charge is -2.35. The molecule has 1 unspecified atom stereocenters. The highest BCUT2D eigenvalue weighted by atomic mass is 35.5. The Morgan fingerprint density at radius 3 is 2.57 bits per heavy atom. The van der Waals surface area contributed by atoms with Crippen LogP contribution in [-0.2, 0) is 0 Å². The van der Waals surface area contributed by atoms with E-state index in [0.717, 1.165) is 11.1 Å². The van der Waals surface area contributed by atoms with Gasteiger partial charge in [-0.3, -0.25) is 4.90 Å². The second kappa shape index (κ2) is 8.48. The van der Waals surface area contributed by atoms with Crippen molar-refractivity contribution in [1.29, 1.82) is 0 Å². The number of benzene rings is 3. The van der Waals surface area contributed by atoms with Crippen LogP contribution in [0.4, 0.5) is 10.5 Å². The fourth-order valence-corrected chi connectivity index (χ4v) is 4.43. The summed E-state index contributed by atoms with van der Waals surface area (Å²) in [5.74, 6) is 2.02. The molecule has 1 aromatic heterocycles. The summed E-state index contributed by atoms with van der Waals surface area (Å²) < 4.78 is 16.6. The largest absolute Gasteiger partial charge is 0.454 e. The lowest BCUT2D eigenvalue weighted by atomic mass is 9.94. The zero-order valence-electron chi connectivity index (χ0n) is 18.6. The van der Waals surface area contributed by atoms with Crippen molar-refractivity contribution in [1.82, 2.24) is 15.5 Å². The summed E-state index contributed by atoms with van der Waals surface area (Å²) in [6.45, 7) is 2.05. The van der Waals surface area contributed by atoms with Gasteiger partial charge in [0.15, 0.2) is 11.5 Å². The molecule has 9 heteroatoms. The van der Waals surface area contributed by atoms with Crippen molar-refractivity contribution in [2.75, 3.05) is 11.7 Å². The molecule has 35 heavy (non-hydrogen) atoms. The summed E-state index contributed by atoms with van der Waals surface area (Å²) in [4.78, 5) is 19.5. The molecule has 0 saturated heterocycles. The topological polar surface area (TPSA) is 89.7 Å². The molecule has 3 aromatic carbocycles. The average Bonchev–Trinajstić information content (AvgIpc) is 3.55. The fourth-order valence-electron chi connectivity index (χ4n) is 4.30. The predicted octanol–water partition coefficient (Wildman–Crippen LogP) is 5.82. The van der Waals surface area contributed by atoms with Crippen molar-refractivity contribution in [2.45, 2.75) is 13.0 Å². The minimum absolute atomic E-state index is 0.182. The van der Waals surface area contributed by atoms with Crippen LogP contribution in [0.25, 0.3) is 17.0 Å². The number of rotatable bonds is 4. The summed E-state index contributed by atoms with van der Waals surface area (Å²) in [7, 11) is 0. The normalized spacial score (nSPS) is 17.0. The number of hydrogen-bond acceptors (Lipinski definition) is 6. The van der Waals surface area contributed by atoms with Gasteiger partial charge in [0.25, 0.3) is 5.89 Å². The van der Waals surface area contributed by atoms with Crippen molar-refractivity contribution < 1.29 is 18.8 Å². The minimum atomic E-state index is -0.475. The van der Waals surface area contributed by atoms with E-state index in [2.05, 4.69) is 10.5 Å². The zero-order valence-corrected chi connectivity index (χ0v) is 19.3. The number of ether oxygens (including phenoxy) is 2. The van der Waals surface area contributed by atoms with E-state index in [9.17, 15) is 4.79 Å². The summed E-state index contributed by atoms with van der Waals surface area (Å²) in [6, 6.07) is 21.5. The first kappa shape index (κ1) is 21.2. The van der Waals surface area contributed by atoms with Crippen molar-refractivity contribution in [3.63, 3.8) is 0 Å². The maximum Gasteiger partial charge on any atom is 0.326 e. The first-order chi connectivity index (χ1) is 17.1. The number of allylic oxidation sites excluding steroid dienone is 1. The molecule has 2 aliphatic rings. The van der Waals surface area contributed by atoms with Gasteiger partial charge >= 0.3 is 6.03 Å². The molecule has 174 valence electrons. The van der Waals surface area contributed by atoms with Crippen LogP contribution in [0.5, 0.6) is 11.5 Å². The van der Waals surface area contributed by atoms with Crippen molar-refractivity contribution in [3.05, 3.63) is 95.0 Å². The average molecular weight is 487 g/mol. The molecule has 0 radical (unpaired) electrons. The molecule has 1 N–H and O–H groups in total. The van der Waals surface area contributed by atoms with Crippen LogP contribution in [0.15, 0.2) is 83.0 Å². The number of halogens is 1. The fraction of sp³-hybridized carbons (Fsp3) is 0.115. The van der Waals surface area contributed by atoms with Gasteiger partial charge in [-0.05, 0) is 55.0 Å². The van der Waals surface area contributed by atoms with E-state index in [1.54, 1.807) is 29.2 Å². The van der Waals surface area contributed by atoms with Crippen LogP contribution in [0.3, 0.4) is 0 Å². The number of carbonyl (C=O) groups is 1. The molecule has 0 aliphatic carbocycles. The number of nitrogens with zero attached hydrogens (tertiary/aromatic N) is 3. The summed E-state index contributed by atoms with van der Waals surface area (Å²) in [5, 5.41) is 7.89. The Morgan fingerprint density at radius 2 is 1.77 bits per heavy atom. The van der Waals surface area contributed by atoms with E-state index in [-0.39, 0.29) is 12.8 Å². The third kappa shape index (κ3) is 3.77. The smallest absolute Gasteiger partial charge is 0.326 e. The van der Waals surface area contributed by atoms with Crippen LogP contribution in [-0.4, -0.2) is 23.0 Å². The van der Waals surface area contributed by atoms with Gasteiger partial charge in [-0.25, -0.2) is 4.79 Å². The number of aromatic nitrogens is 2. The molecule has 2 amide bonds. The Kier molecular flexibility index (Phi) is 5.15. The van der Waals surface area contributed by atoms with Crippen molar-refractivity contribution in [2.24, 2.45) is 0 Å². The maximum atomic E-state index is 13.2. The van der Waals surface area contributed by atoms with Gasteiger partial charge in [0.1, 0.15) is 0 Å². The van der Waals surface area contributed by atoms with Crippen LogP contribution in [0, 0.1) is 0 Å². The summed E-state index contributed by atoms with van der Waals surface area (Å²) in [6.07, 6.45) is 0. The molecule has 2 aliphatic heterocycles. The Morgan fingerprint density at radius 1 is 1.00 bits per heavy atom. The number of urea groups is 1. The van der Waals surface area contributed by atoms with Crippen LogP contribution >= 0.6 is 11.6 Å². The van der Waals surface area contributed by atoms with E-state index in [1.807, 2.05) is 55.5 Å². The van der Waals surface area contributed by atoms with Crippen LogP contribution in [0.1, 0.15) is 24.4 Å². The highest BCUT2D eigenvalue weighted by molar-refractivity contribution is 6.30. The molecular weight excluding hydrogens is 468 g/mol. The quantitative estimate of drug-likeness (QED) is 0.391. The minimum Gasteiger partial charge on any atom is -0.454 e. The number of amides is 2. The van der Waals surface area contributed by atoms with Gasteiger partial charge < -0.3 is 19.3 Å². The van der Waals surface area contributed by atoms with Gasteiger partial charge in [-0.15, -0.1) is 0 Å². The second-order valence-corrected chi connectivity index (χ2v) is 8.53. The lowest BCUT2D eigenvalue weighted by Crippen LogP contribution is -2.46. The van der Waals surface area contributed by atoms with Gasteiger partial charge in [0.05, 0.1) is 17.3 Å². The molecule has 6 rings (SSSR count). The highest BCUT2D eigenvalue weighted by Gasteiger charge is 2.36. The van der Waals surface area contributed by atoms with E-state index in [4.69, 9.17) is 30.6 Å². The van der Waals surface area contributed by atoms with Gasteiger partial charge in [0.2, 0.25) is 12.6 Å². The highest BCUT2D eigenvalue weighted by Crippen LogP contribution is 2.40. The molecule has 4 aromatic rings. The lowest BCUT2D eigenvalue weighted by molar-refractivity contribution is 0.174. The van der Waals surface area contributed by atoms with Crippen molar-refractivity contribution in [3.8, 4) is 22.9 Å². The first-order valence-corrected chi connectivity index (χ1v) is 11.3. The number of anilines is 1. The number of hydrogen-bond donors (Lipinski definition) is 1. The molecule has 3 heterocycles. The SMILES string of the molecule is CC1=C(c2nc(-c3ccc4c(c3)OCO4)no2)C(c2ccccc2)NC(=O)N1c1ccc(Cl)cc1. The Bertz CT molecular complexity index is 1450. The number of fused-ring (bicyclic) bond motifs is 1. The predicted molar refractivity (Wildman–Crippen MR) is 130 cm³/mol. The monoisotopic (exact) mass is 486 g/mol. The van der Waals surface area contributed by atoms with Gasteiger partial charge in [0, 0.05) is 16.3 Å². The van der Waals surface area contributed by atoms with Gasteiger partial charge in [-0.2, -0.15) is 4.98 Å². The molecule has 0 fully saturated rings. The molecule has 0 spiro atoms. The van der Waals surface area contributed by atoms with E-state index >= 15 is 0 Å². The Labute approximate surface area is 205 Å². The molecule has 0 bridgehead atoms. The summed E-state index contributed by atoms with van der Waals surface area (Å²) in [5.41, 5.74) is 3.67. The molecule has 0 saturated carbocycles. The van der Waals surface area contributed by atoms with Crippen LogP contribution in [0.2, 0.25) is 5.02 Å². The molecule has 1 atom stereocenters.